The molecule has 0 saturated heterocycles. The zero-order valence-electron chi connectivity index (χ0n) is 16.1. The predicted molar refractivity (Wildman–Crippen MR) is 102 cm³/mol. The van der Waals surface area contributed by atoms with Gasteiger partial charge in [0, 0.05) is 27.2 Å². The number of rotatable bonds is 7. The molecule has 0 amide bonds. The van der Waals surface area contributed by atoms with Crippen LogP contribution in [0.4, 0.5) is 0 Å². The second-order valence-electron chi connectivity index (χ2n) is 6.48. The molecule has 0 unspecified atom stereocenters. The Labute approximate surface area is 151 Å². The molecule has 0 aliphatic carbocycles. The van der Waals surface area contributed by atoms with E-state index in [2.05, 4.69) is 65.6 Å². The first-order valence-corrected chi connectivity index (χ1v) is 8.91. The second-order valence-corrected chi connectivity index (χ2v) is 6.48. The molecule has 0 saturated carbocycles. The zero-order valence-corrected chi connectivity index (χ0v) is 16.1. The molecule has 1 N–H and O–H groups in total. The van der Waals surface area contributed by atoms with Gasteiger partial charge in [0.2, 0.25) is 0 Å². The Hall–Kier alpha value is -2.37. The van der Waals surface area contributed by atoms with Crippen molar-refractivity contribution in [2.24, 2.45) is 12.0 Å². The Balaban J connectivity index is 2.08. The summed E-state index contributed by atoms with van der Waals surface area (Å²) in [5, 5.41) is 11.8. The van der Waals surface area contributed by atoms with Gasteiger partial charge in [-0.25, -0.2) is 4.99 Å². The fourth-order valence-corrected chi connectivity index (χ4v) is 2.47. The minimum absolute atomic E-state index is 0.518. The first kappa shape index (κ1) is 19.0. The molecule has 1 aromatic heterocycles. The van der Waals surface area contributed by atoms with Crippen LogP contribution < -0.4 is 5.32 Å². The van der Waals surface area contributed by atoms with Crippen molar-refractivity contribution >= 4 is 5.96 Å². The van der Waals surface area contributed by atoms with Crippen molar-refractivity contribution in [2.75, 3.05) is 13.6 Å². The summed E-state index contributed by atoms with van der Waals surface area (Å²) < 4.78 is 1.98. The van der Waals surface area contributed by atoms with Gasteiger partial charge in [-0.3, -0.25) is 0 Å². The third-order valence-electron chi connectivity index (χ3n) is 4.27. The Morgan fingerprint density at radius 2 is 1.92 bits per heavy atom. The average Bonchev–Trinajstić information content (AvgIpc) is 2.92. The van der Waals surface area contributed by atoms with Crippen molar-refractivity contribution < 1.29 is 0 Å². The number of aliphatic imine (C=N–C) groups is 1. The highest BCUT2D eigenvalue weighted by Gasteiger charge is 2.09. The number of aryl methyl sites for hydroxylation is 2. The fraction of sp³-hybridized carbons (Fsp3) is 0.526. The molecular weight excluding hydrogens is 312 g/mol. The normalized spacial score (nSPS) is 11.6. The molecular formula is C19H30N6. The van der Waals surface area contributed by atoms with E-state index in [1.807, 2.05) is 18.5 Å². The summed E-state index contributed by atoms with van der Waals surface area (Å²) in [6.07, 6.45) is 2.28. The van der Waals surface area contributed by atoms with Crippen molar-refractivity contribution in [3.63, 3.8) is 0 Å². The lowest BCUT2D eigenvalue weighted by Gasteiger charge is -2.22. The van der Waals surface area contributed by atoms with Gasteiger partial charge in [0.1, 0.15) is 12.4 Å². The van der Waals surface area contributed by atoms with Gasteiger partial charge >= 0.3 is 0 Å². The van der Waals surface area contributed by atoms with Gasteiger partial charge in [0.25, 0.3) is 0 Å². The highest BCUT2D eigenvalue weighted by atomic mass is 15.3. The van der Waals surface area contributed by atoms with E-state index in [0.29, 0.717) is 6.54 Å². The van der Waals surface area contributed by atoms with Crippen LogP contribution in [0.1, 0.15) is 42.5 Å². The molecule has 1 heterocycles. The van der Waals surface area contributed by atoms with Gasteiger partial charge in [0.05, 0.1) is 0 Å². The maximum absolute atomic E-state index is 4.76. The molecule has 0 aliphatic heterocycles. The molecule has 6 heteroatoms. The molecule has 0 bridgehead atoms. The van der Waals surface area contributed by atoms with Crippen LogP contribution in [0.3, 0.4) is 0 Å². The summed E-state index contributed by atoms with van der Waals surface area (Å²) in [7, 11) is 4.04. The second kappa shape index (κ2) is 9.20. The Bertz CT molecular complexity index is 686. The smallest absolute Gasteiger partial charge is 0.194 e. The molecule has 0 fully saturated rings. The average molecular weight is 342 g/mol. The number of guanidine groups is 1. The number of unbranched alkanes of at least 4 members (excludes halogenated alkanes) is 1. The molecule has 6 nitrogen and oxygen atoms in total. The first-order valence-electron chi connectivity index (χ1n) is 8.91. The minimum Gasteiger partial charge on any atom is -0.356 e. The van der Waals surface area contributed by atoms with Gasteiger partial charge in [0.15, 0.2) is 11.8 Å². The molecule has 1 aromatic carbocycles. The van der Waals surface area contributed by atoms with Crippen LogP contribution in [0.5, 0.6) is 0 Å². The van der Waals surface area contributed by atoms with Crippen LogP contribution in [0.25, 0.3) is 0 Å². The molecule has 0 atom stereocenters. The number of nitrogens with zero attached hydrogens (tertiary/aromatic N) is 5. The van der Waals surface area contributed by atoms with Crippen molar-refractivity contribution in [3.8, 4) is 0 Å². The topological polar surface area (TPSA) is 58.3 Å². The van der Waals surface area contributed by atoms with Gasteiger partial charge in [-0.05, 0) is 25.8 Å². The van der Waals surface area contributed by atoms with Crippen LogP contribution in [-0.2, 0) is 20.1 Å². The standard InChI is InChI=1S/C19H30N6/c1-6-7-12-20-19(21-13-18-23-22-16(3)25(18)5)24(4)14-17-10-8-15(2)9-11-17/h8-11H,6-7,12-14H2,1-5H3,(H,20,21). The number of aromatic nitrogens is 3. The van der Waals surface area contributed by atoms with Crippen molar-refractivity contribution in [1.29, 1.82) is 0 Å². The molecule has 0 aliphatic rings. The fourth-order valence-electron chi connectivity index (χ4n) is 2.47. The van der Waals surface area contributed by atoms with E-state index in [-0.39, 0.29) is 0 Å². The highest BCUT2D eigenvalue weighted by Crippen LogP contribution is 2.07. The van der Waals surface area contributed by atoms with E-state index in [0.717, 1.165) is 43.5 Å². The zero-order chi connectivity index (χ0) is 18.2. The minimum atomic E-state index is 0.518. The Morgan fingerprint density at radius 1 is 1.20 bits per heavy atom. The van der Waals surface area contributed by atoms with Gasteiger partial charge in [-0.2, -0.15) is 0 Å². The van der Waals surface area contributed by atoms with Gasteiger partial charge in [-0.1, -0.05) is 43.2 Å². The van der Waals surface area contributed by atoms with Crippen LogP contribution in [-0.4, -0.2) is 39.2 Å². The molecule has 0 radical (unpaired) electrons. The maximum atomic E-state index is 4.76. The lowest BCUT2D eigenvalue weighted by atomic mass is 10.1. The summed E-state index contributed by atoms with van der Waals surface area (Å²) in [4.78, 5) is 6.92. The third-order valence-corrected chi connectivity index (χ3v) is 4.27. The summed E-state index contributed by atoms with van der Waals surface area (Å²) in [5.41, 5.74) is 2.55. The van der Waals surface area contributed by atoms with Crippen LogP contribution in [0.15, 0.2) is 29.3 Å². The van der Waals surface area contributed by atoms with E-state index >= 15 is 0 Å². The van der Waals surface area contributed by atoms with E-state index in [9.17, 15) is 0 Å². The van der Waals surface area contributed by atoms with Crippen LogP contribution >= 0.6 is 0 Å². The largest absolute Gasteiger partial charge is 0.356 e. The van der Waals surface area contributed by atoms with Crippen LogP contribution in [0, 0.1) is 13.8 Å². The Morgan fingerprint density at radius 3 is 2.52 bits per heavy atom. The SMILES string of the molecule is CCCCNC(=NCc1nnc(C)n1C)N(C)Cc1ccc(C)cc1. The van der Waals surface area contributed by atoms with Crippen LogP contribution in [0.2, 0.25) is 0 Å². The highest BCUT2D eigenvalue weighted by molar-refractivity contribution is 5.79. The van der Waals surface area contributed by atoms with E-state index in [4.69, 9.17) is 4.99 Å². The predicted octanol–water partition coefficient (Wildman–Crippen LogP) is 2.81. The summed E-state index contributed by atoms with van der Waals surface area (Å²) in [5.74, 6) is 2.67. The lowest BCUT2D eigenvalue weighted by molar-refractivity contribution is 0.472. The molecule has 136 valence electrons. The van der Waals surface area contributed by atoms with Crippen molar-refractivity contribution in [2.45, 2.75) is 46.7 Å². The van der Waals surface area contributed by atoms with Crippen molar-refractivity contribution in [1.82, 2.24) is 25.0 Å². The quantitative estimate of drug-likeness (QED) is 0.477. The summed E-state index contributed by atoms with van der Waals surface area (Å²) in [6, 6.07) is 8.63. The third kappa shape index (κ3) is 5.59. The first-order chi connectivity index (χ1) is 12.0. The number of benzene rings is 1. The van der Waals surface area contributed by atoms with Gasteiger partial charge in [-0.15, -0.1) is 10.2 Å². The number of hydrogen-bond donors (Lipinski definition) is 1. The maximum Gasteiger partial charge on any atom is 0.194 e. The molecule has 2 rings (SSSR count). The van der Waals surface area contributed by atoms with Crippen molar-refractivity contribution in [3.05, 3.63) is 47.0 Å². The molecule has 2 aromatic rings. The monoisotopic (exact) mass is 342 g/mol. The summed E-state index contributed by atoms with van der Waals surface area (Å²) >= 11 is 0. The Kier molecular flexibility index (Phi) is 6.98. The number of hydrogen-bond acceptors (Lipinski definition) is 3. The van der Waals surface area contributed by atoms with E-state index in [1.165, 1.54) is 11.1 Å². The van der Waals surface area contributed by atoms with E-state index < -0.39 is 0 Å². The van der Waals surface area contributed by atoms with Gasteiger partial charge < -0.3 is 14.8 Å². The number of nitrogens with one attached hydrogen (secondary N) is 1. The lowest BCUT2D eigenvalue weighted by Crippen LogP contribution is -2.39. The summed E-state index contributed by atoms with van der Waals surface area (Å²) in [6.45, 7) is 8.50. The van der Waals surface area contributed by atoms with E-state index in [1.54, 1.807) is 0 Å². The molecule has 25 heavy (non-hydrogen) atoms. The molecule has 0 spiro atoms.